The zero-order valence-electron chi connectivity index (χ0n) is 27.5. The standard InChI is InChI=1S/C45H35N5/c1-3-14-36(15-4-1)49(43-21-11-13-32-12-7-8-18-39(32)43)38-28-26-34(27-29-38)42-31-46-41(30-47-42)33-22-24-35(25-23-33)45-48-40-19-9-10-20-44(40)50(45)37-16-5-2-6-17-37/h1-29,31,41,45,48H,30H2. The topological polar surface area (TPSA) is 43.2 Å². The highest BCUT2D eigenvalue weighted by molar-refractivity contribution is 6.38. The van der Waals surface area contributed by atoms with Crippen molar-refractivity contribution < 1.29 is 0 Å². The van der Waals surface area contributed by atoms with Gasteiger partial charge in [-0.3, -0.25) is 9.98 Å². The van der Waals surface area contributed by atoms with Gasteiger partial charge in [-0.2, -0.15) is 0 Å². The zero-order valence-corrected chi connectivity index (χ0v) is 27.5. The van der Waals surface area contributed by atoms with Gasteiger partial charge in [-0.05, 0) is 71.1 Å². The van der Waals surface area contributed by atoms with Gasteiger partial charge in [0.15, 0.2) is 0 Å². The first-order chi connectivity index (χ1) is 24.8. The summed E-state index contributed by atoms with van der Waals surface area (Å²) in [6.45, 7) is 0.613. The van der Waals surface area contributed by atoms with E-state index in [-0.39, 0.29) is 12.2 Å². The van der Waals surface area contributed by atoms with Gasteiger partial charge in [0.05, 0.1) is 35.4 Å². The SMILES string of the molecule is C1=NC(c2ccc(C3Nc4ccccc4N3c3ccccc3)cc2)CN=C1c1ccc(N(c2ccccc2)c2cccc3ccccc23)cc1. The quantitative estimate of drug-likeness (QED) is 0.188. The van der Waals surface area contributed by atoms with E-state index in [1.165, 1.54) is 27.6 Å². The Morgan fingerprint density at radius 3 is 2.02 bits per heavy atom. The Labute approximate surface area is 292 Å². The summed E-state index contributed by atoms with van der Waals surface area (Å²) in [6.07, 6.45) is 1.94. The monoisotopic (exact) mass is 645 g/mol. The van der Waals surface area contributed by atoms with Crippen LogP contribution < -0.4 is 15.1 Å². The summed E-state index contributed by atoms with van der Waals surface area (Å²) in [5.41, 5.74) is 11.2. The smallest absolute Gasteiger partial charge is 0.130 e. The maximum atomic E-state index is 5.00. The second-order valence-corrected chi connectivity index (χ2v) is 12.7. The lowest BCUT2D eigenvalue weighted by molar-refractivity contribution is 0.736. The number of benzene rings is 7. The lowest BCUT2D eigenvalue weighted by Crippen LogP contribution is -2.23. The van der Waals surface area contributed by atoms with Gasteiger partial charge < -0.3 is 15.1 Å². The van der Waals surface area contributed by atoms with Gasteiger partial charge in [-0.1, -0.05) is 121 Å². The van der Waals surface area contributed by atoms with Crippen molar-refractivity contribution in [2.45, 2.75) is 12.2 Å². The first kappa shape index (κ1) is 29.7. The number of fused-ring (bicyclic) bond motifs is 2. The molecular formula is C45H35N5. The third kappa shape index (κ3) is 5.49. The summed E-state index contributed by atoms with van der Waals surface area (Å²) in [7, 11) is 0. The summed E-state index contributed by atoms with van der Waals surface area (Å²) in [5, 5.41) is 6.16. The van der Waals surface area contributed by atoms with Gasteiger partial charge in [0.25, 0.3) is 0 Å². The van der Waals surface area contributed by atoms with Crippen molar-refractivity contribution in [2.24, 2.45) is 9.98 Å². The molecule has 2 aliphatic heterocycles. The van der Waals surface area contributed by atoms with Gasteiger partial charge in [0, 0.05) is 34.2 Å². The van der Waals surface area contributed by atoms with Crippen molar-refractivity contribution in [3.05, 3.63) is 193 Å². The second-order valence-electron chi connectivity index (χ2n) is 12.7. The predicted molar refractivity (Wildman–Crippen MR) is 209 cm³/mol. The van der Waals surface area contributed by atoms with Crippen LogP contribution in [0.4, 0.5) is 34.1 Å². The average Bonchev–Trinajstić information content (AvgIpc) is 3.59. The number of aliphatic imine (C=N–C) groups is 2. The number of para-hydroxylation sites is 4. The molecule has 0 spiro atoms. The molecule has 240 valence electrons. The van der Waals surface area contributed by atoms with E-state index in [1.807, 2.05) is 6.21 Å². The van der Waals surface area contributed by atoms with Crippen molar-refractivity contribution in [1.29, 1.82) is 0 Å². The Hall–Kier alpha value is -6.46. The van der Waals surface area contributed by atoms with Crippen molar-refractivity contribution >= 4 is 56.8 Å². The van der Waals surface area contributed by atoms with Gasteiger partial charge >= 0.3 is 0 Å². The molecule has 9 rings (SSSR count). The van der Waals surface area contributed by atoms with E-state index in [0.29, 0.717) is 6.54 Å². The van der Waals surface area contributed by atoms with Crippen molar-refractivity contribution in [3.8, 4) is 0 Å². The fraction of sp³-hybridized carbons (Fsp3) is 0.0667. The molecule has 0 bridgehead atoms. The van der Waals surface area contributed by atoms with Gasteiger partial charge in [0.1, 0.15) is 6.17 Å². The summed E-state index contributed by atoms with van der Waals surface area (Å²) in [5.74, 6) is 0. The summed E-state index contributed by atoms with van der Waals surface area (Å²) in [4.78, 5) is 14.7. The van der Waals surface area contributed by atoms with Crippen LogP contribution in [-0.2, 0) is 0 Å². The van der Waals surface area contributed by atoms with Crippen molar-refractivity contribution in [3.63, 3.8) is 0 Å². The number of rotatable bonds is 7. The molecule has 2 atom stereocenters. The average molecular weight is 646 g/mol. The highest BCUT2D eigenvalue weighted by Gasteiger charge is 2.31. The molecular weight excluding hydrogens is 611 g/mol. The molecule has 0 aromatic heterocycles. The lowest BCUT2D eigenvalue weighted by atomic mass is 10.0. The predicted octanol–water partition coefficient (Wildman–Crippen LogP) is 11.2. The van der Waals surface area contributed by atoms with Gasteiger partial charge in [-0.25, -0.2) is 0 Å². The van der Waals surface area contributed by atoms with E-state index >= 15 is 0 Å². The van der Waals surface area contributed by atoms with Crippen molar-refractivity contribution in [1.82, 2.24) is 0 Å². The molecule has 0 aliphatic carbocycles. The van der Waals surface area contributed by atoms with Crippen LogP contribution in [0.25, 0.3) is 10.8 Å². The van der Waals surface area contributed by atoms with E-state index in [2.05, 4.69) is 191 Å². The van der Waals surface area contributed by atoms with Gasteiger partial charge in [-0.15, -0.1) is 0 Å². The molecule has 50 heavy (non-hydrogen) atoms. The number of hydrogen-bond donors (Lipinski definition) is 1. The van der Waals surface area contributed by atoms with Crippen LogP contribution in [0.3, 0.4) is 0 Å². The minimum absolute atomic E-state index is 0.00438. The molecule has 2 unspecified atom stereocenters. The van der Waals surface area contributed by atoms with Crippen LogP contribution >= 0.6 is 0 Å². The molecule has 2 heterocycles. The normalized spacial score (nSPS) is 16.5. The molecule has 0 radical (unpaired) electrons. The molecule has 0 saturated carbocycles. The molecule has 2 aliphatic rings. The molecule has 0 amide bonds. The maximum Gasteiger partial charge on any atom is 0.130 e. The van der Waals surface area contributed by atoms with Crippen molar-refractivity contribution in [2.75, 3.05) is 21.7 Å². The number of hydrogen-bond acceptors (Lipinski definition) is 5. The Morgan fingerprint density at radius 2 is 1.24 bits per heavy atom. The van der Waals surface area contributed by atoms with Crippen LogP contribution in [0.5, 0.6) is 0 Å². The molecule has 7 aromatic rings. The number of nitrogens with one attached hydrogen (secondary N) is 1. The van der Waals surface area contributed by atoms with Crippen LogP contribution in [-0.4, -0.2) is 18.5 Å². The molecule has 5 heteroatoms. The Bertz CT molecular complexity index is 2330. The van der Waals surface area contributed by atoms with E-state index in [0.717, 1.165) is 39.7 Å². The molecule has 5 nitrogen and oxygen atoms in total. The second kappa shape index (κ2) is 12.9. The Morgan fingerprint density at radius 1 is 0.580 bits per heavy atom. The fourth-order valence-electron chi connectivity index (χ4n) is 7.15. The minimum Gasteiger partial charge on any atom is -0.359 e. The summed E-state index contributed by atoms with van der Waals surface area (Å²) >= 11 is 0. The first-order valence-electron chi connectivity index (χ1n) is 17.1. The number of anilines is 6. The zero-order chi connectivity index (χ0) is 33.3. The summed E-state index contributed by atoms with van der Waals surface area (Å²) in [6, 6.07) is 62.1. The molecule has 0 saturated heterocycles. The Kier molecular flexibility index (Phi) is 7.63. The fourth-order valence-corrected chi connectivity index (χ4v) is 7.15. The first-order valence-corrected chi connectivity index (χ1v) is 17.1. The van der Waals surface area contributed by atoms with E-state index in [9.17, 15) is 0 Å². The van der Waals surface area contributed by atoms with Crippen LogP contribution in [0.2, 0.25) is 0 Å². The molecule has 0 fully saturated rings. The van der Waals surface area contributed by atoms with E-state index < -0.39 is 0 Å². The molecule has 1 N–H and O–H groups in total. The Balaban J connectivity index is 0.936. The third-order valence-corrected chi connectivity index (χ3v) is 9.64. The maximum absolute atomic E-state index is 5.00. The minimum atomic E-state index is -0.00836. The third-order valence-electron chi connectivity index (χ3n) is 9.64. The van der Waals surface area contributed by atoms with Crippen LogP contribution in [0, 0.1) is 0 Å². The van der Waals surface area contributed by atoms with Crippen LogP contribution in [0.1, 0.15) is 28.9 Å². The van der Waals surface area contributed by atoms with E-state index in [1.54, 1.807) is 0 Å². The lowest BCUT2D eigenvalue weighted by Gasteiger charge is -2.27. The molecule has 7 aromatic carbocycles. The highest BCUT2D eigenvalue weighted by atomic mass is 15.3. The van der Waals surface area contributed by atoms with E-state index in [4.69, 9.17) is 9.98 Å². The number of nitrogens with zero attached hydrogens (tertiary/aromatic N) is 4. The summed E-state index contributed by atoms with van der Waals surface area (Å²) < 4.78 is 0. The highest BCUT2D eigenvalue weighted by Crippen LogP contribution is 2.46. The largest absolute Gasteiger partial charge is 0.359 e. The van der Waals surface area contributed by atoms with Crippen LogP contribution in [0.15, 0.2) is 186 Å². The van der Waals surface area contributed by atoms with Gasteiger partial charge in [0.2, 0.25) is 0 Å².